The van der Waals surface area contributed by atoms with Gasteiger partial charge in [-0.15, -0.1) is 0 Å². The number of carbonyl (C=O) groups excluding carboxylic acids is 1. The number of ether oxygens (including phenoxy) is 1. The number of aromatic amines is 1. The molecule has 5 heteroatoms. The number of Topliss-reactive ketones (excluding diaryl/α,β-unsaturated/α-hetero) is 1. The first-order valence-electron chi connectivity index (χ1n) is 8.49. The van der Waals surface area contributed by atoms with Crippen LogP contribution >= 0.6 is 0 Å². The Balaban J connectivity index is 1.56. The number of ketones is 1. The summed E-state index contributed by atoms with van der Waals surface area (Å²) in [6, 6.07) is 11.7. The van der Waals surface area contributed by atoms with Crippen LogP contribution in [0.2, 0.25) is 0 Å². The summed E-state index contributed by atoms with van der Waals surface area (Å²) in [5, 5.41) is 10.4. The first-order valence-corrected chi connectivity index (χ1v) is 8.49. The van der Waals surface area contributed by atoms with E-state index in [9.17, 15) is 9.90 Å². The van der Waals surface area contributed by atoms with Crippen LogP contribution in [-0.2, 0) is 11.4 Å². The number of hydrogen-bond donors (Lipinski definition) is 2. The minimum Gasteiger partial charge on any atom is -0.485 e. The third-order valence-electron chi connectivity index (χ3n) is 4.17. The van der Waals surface area contributed by atoms with Crippen molar-refractivity contribution in [2.24, 2.45) is 4.99 Å². The van der Waals surface area contributed by atoms with Crippen LogP contribution in [0.25, 0.3) is 10.9 Å². The number of nitrogens with one attached hydrogen (secondary N) is 1. The summed E-state index contributed by atoms with van der Waals surface area (Å²) in [5.41, 5.74) is 4.64. The molecule has 1 heterocycles. The van der Waals surface area contributed by atoms with Gasteiger partial charge in [-0.25, -0.2) is 0 Å². The molecule has 0 bridgehead atoms. The zero-order chi connectivity index (χ0) is 18.5. The molecule has 0 aliphatic rings. The summed E-state index contributed by atoms with van der Waals surface area (Å²) in [5.74, 6) is 0.601. The second-order valence-electron chi connectivity index (χ2n) is 6.34. The fraction of sp³-hybridized carbons (Fsp3) is 0.238. The molecule has 0 atom stereocenters. The van der Waals surface area contributed by atoms with Gasteiger partial charge >= 0.3 is 0 Å². The third kappa shape index (κ3) is 4.18. The molecule has 26 heavy (non-hydrogen) atoms. The number of aliphatic hydroxyl groups is 1. The van der Waals surface area contributed by atoms with Gasteiger partial charge in [-0.05, 0) is 53.6 Å². The standard InChI is InChI=1S/C21H22N2O3/c1-14-7-17(12-24)8-15(2)21(14)26-13-19(25)11-22-10-16-3-4-18-5-6-23-20(18)9-16/h3-10,23-24H,11-13H2,1-2H3. The molecule has 2 N–H and O–H groups in total. The summed E-state index contributed by atoms with van der Waals surface area (Å²) in [7, 11) is 0. The SMILES string of the molecule is Cc1cc(CO)cc(C)c1OCC(=O)CN=Cc1ccc2cc[nH]c2c1. The lowest BCUT2D eigenvalue weighted by molar-refractivity contribution is -0.119. The fourth-order valence-electron chi connectivity index (χ4n) is 2.96. The molecule has 0 saturated carbocycles. The Labute approximate surface area is 152 Å². The van der Waals surface area contributed by atoms with Gasteiger partial charge in [-0.2, -0.15) is 0 Å². The summed E-state index contributed by atoms with van der Waals surface area (Å²) in [4.78, 5) is 19.4. The van der Waals surface area contributed by atoms with Crippen LogP contribution in [-0.4, -0.2) is 35.2 Å². The molecule has 0 unspecified atom stereocenters. The predicted molar refractivity (Wildman–Crippen MR) is 103 cm³/mol. The zero-order valence-electron chi connectivity index (χ0n) is 15.0. The molecular formula is C21H22N2O3. The van der Waals surface area contributed by atoms with E-state index in [2.05, 4.69) is 9.98 Å². The Hall–Kier alpha value is -2.92. The van der Waals surface area contributed by atoms with E-state index in [0.717, 1.165) is 33.2 Å². The van der Waals surface area contributed by atoms with Gasteiger partial charge in [0.1, 0.15) is 18.9 Å². The Morgan fingerprint density at radius 2 is 1.96 bits per heavy atom. The van der Waals surface area contributed by atoms with Crippen LogP contribution < -0.4 is 4.74 Å². The Morgan fingerprint density at radius 3 is 2.69 bits per heavy atom. The van der Waals surface area contributed by atoms with Crippen LogP contribution in [0, 0.1) is 13.8 Å². The maximum Gasteiger partial charge on any atom is 0.191 e. The number of nitrogens with zero attached hydrogens (tertiary/aromatic N) is 1. The highest BCUT2D eigenvalue weighted by Gasteiger charge is 2.09. The average Bonchev–Trinajstić information content (AvgIpc) is 3.08. The molecule has 5 nitrogen and oxygen atoms in total. The molecule has 2 aromatic carbocycles. The normalized spacial score (nSPS) is 11.3. The van der Waals surface area contributed by atoms with E-state index >= 15 is 0 Å². The number of aliphatic hydroxyl groups excluding tert-OH is 1. The highest BCUT2D eigenvalue weighted by atomic mass is 16.5. The lowest BCUT2D eigenvalue weighted by Crippen LogP contribution is -2.15. The lowest BCUT2D eigenvalue weighted by atomic mass is 10.1. The topological polar surface area (TPSA) is 74.7 Å². The maximum atomic E-state index is 12.0. The number of carbonyl (C=O) groups is 1. The number of aromatic nitrogens is 1. The summed E-state index contributed by atoms with van der Waals surface area (Å²) in [6.45, 7) is 3.86. The van der Waals surface area contributed by atoms with Crippen molar-refractivity contribution >= 4 is 22.9 Å². The molecule has 0 radical (unpaired) electrons. The molecule has 3 aromatic rings. The van der Waals surface area contributed by atoms with E-state index < -0.39 is 0 Å². The smallest absolute Gasteiger partial charge is 0.191 e. The molecule has 3 rings (SSSR count). The number of hydrogen-bond acceptors (Lipinski definition) is 4. The van der Waals surface area contributed by atoms with Gasteiger partial charge in [0, 0.05) is 17.9 Å². The Kier molecular flexibility index (Phi) is 5.49. The van der Waals surface area contributed by atoms with Crippen molar-refractivity contribution in [1.29, 1.82) is 0 Å². The molecular weight excluding hydrogens is 328 g/mol. The van der Waals surface area contributed by atoms with Crippen molar-refractivity contribution in [3.63, 3.8) is 0 Å². The highest BCUT2D eigenvalue weighted by molar-refractivity contribution is 5.90. The summed E-state index contributed by atoms with van der Waals surface area (Å²) < 4.78 is 5.67. The molecule has 134 valence electrons. The first-order chi connectivity index (χ1) is 12.6. The number of aryl methyl sites for hydroxylation is 2. The van der Waals surface area contributed by atoms with Crippen LogP contribution in [0.3, 0.4) is 0 Å². The van der Waals surface area contributed by atoms with Crippen LogP contribution in [0.15, 0.2) is 47.6 Å². The van der Waals surface area contributed by atoms with Gasteiger partial charge in [0.25, 0.3) is 0 Å². The van der Waals surface area contributed by atoms with Gasteiger partial charge < -0.3 is 14.8 Å². The quantitative estimate of drug-likeness (QED) is 0.642. The second kappa shape index (κ2) is 7.97. The van der Waals surface area contributed by atoms with Crippen LogP contribution in [0.4, 0.5) is 0 Å². The van der Waals surface area contributed by atoms with Crippen molar-refractivity contribution < 1.29 is 14.6 Å². The van der Waals surface area contributed by atoms with E-state index in [1.54, 1.807) is 6.21 Å². The van der Waals surface area contributed by atoms with Crippen molar-refractivity contribution in [1.82, 2.24) is 4.98 Å². The van der Waals surface area contributed by atoms with Crippen LogP contribution in [0.1, 0.15) is 22.3 Å². The molecule has 1 aromatic heterocycles. The number of H-pyrrole nitrogens is 1. The lowest BCUT2D eigenvalue weighted by Gasteiger charge is -2.12. The summed E-state index contributed by atoms with van der Waals surface area (Å²) in [6.07, 6.45) is 3.59. The molecule has 0 amide bonds. The van der Waals surface area contributed by atoms with Crippen molar-refractivity contribution in [2.45, 2.75) is 20.5 Å². The monoisotopic (exact) mass is 350 g/mol. The highest BCUT2D eigenvalue weighted by Crippen LogP contribution is 2.24. The zero-order valence-corrected chi connectivity index (χ0v) is 15.0. The van der Waals surface area contributed by atoms with Gasteiger partial charge in [0.2, 0.25) is 0 Å². The molecule has 0 aliphatic heterocycles. The van der Waals surface area contributed by atoms with E-state index in [0.29, 0.717) is 5.75 Å². The van der Waals surface area contributed by atoms with Gasteiger partial charge in [-0.1, -0.05) is 24.3 Å². The van der Waals surface area contributed by atoms with Gasteiger partial charge in [-0.3, -0.25) is 9.79 Å². The minimum absolute atomic E-state index is 0.0100. The summed E-state index contributed by atoms with van der Waals surface area (Å²) >= 11 is 0. The van der Waals surface area contributed by atoms with Crippen molar-refractivity contribution in [3.05, 3.63) is 64.8 Å². The Bertz CT molecular complexity index is 934. The number of benzene rings is 2. The average molecular weight is 350 g/mol. The Morgan fingerprint density at radius 1 is 1.19 bits per heavy atom. The maximum absolute atomic E-state index is 12.0. The molecule has 0 spiro atoms. The van der Waals surface area contributed by atoms with Crippen molar-refractivity contribution in [3.8, 4) is 5.75 Å². The van der Waals surface area contributed by atoms with Gasteiger partial charge in [0.05, 0.1) is 6.61 Å². The van der Waals surface area contributed by atoms with E-state index in [1.165, 1.54) is 0 Å². The predicted octanol–water partition coefficient (Wildman–Crippen LogP) is 3.34. The molecule has 0 fully saturated rings. The van der Waals surface area contributed by atoms with Crippen LogP contribution in [0.5, 0.6) is 5.75 Å². The largest absolute Gasteiger partial charge is 0.485 e. The van der Waals surface area contributed by atoms with E-state index in [1.807, 2.05) is 56.4 Å². The number of fused-ring (bicyclic) bond motifs is 1. The molecule has 0 aliphatic carbocycles. The minimum atomic E-state index is -0.0905. The second-order valence-corrected chi connectivity index (χ2v) is 6.34. The fourth-order valence-corrected chi connectivity index (χ4v) is 2.96. The van der Waals surface area contributed by atoms with Gasteiger partial charge in [0.15, 0.2) is 5.78 Å². The van der Waals surface area contributed by atoms with E-state index in [4.69, 9.17) is 4.74 Å². The third-order valence-corrected chi connectivity index (χ3v) is 4.17. The first kappa shape index (κ1) is 17.9. The van der Waals surface area contributed by atoms with E-state index in [-0.39, 0.29) is 25.5 Å². The molecule has 0 saturated heterocycles. The van der Waals surface area contributed by atoms with Crippen molar-refractivity contribution in [2.75, 3.05) is 13.2 Å². The number of rotatable bonds is 7. The number of aliphatic imine (C=N–C) groups is 1.